The average Bonchev–Trinajstić information content (AvgIpc) is 2.94. The molecule has 3 rings (SSSR count). The number of fused-ring (bicyclic) bond motifs is 1. The lowest BCUT2D eigenvalue weighted by Gasteiger charge is -2.06. The van der Waals surface area contributed by atoms with Gasteiger partial charge in [-0.1, -0.05) is 12.1 Å². The van der Waals surface area contributed by atoms with Gasteiger partial charge in [0.2, 0.25) is 0 Å². The van der Waals surface area contributed by atoms with Crippen molar-refractivity contribution in [3.05, 3.63) is 59.3 Å². The normalized spacial score (nSPS) is 10.6. The molecule has 2 aromatic carbocycles. The van der Waals surface area contributed by atoms with E-state index in [1.807, 2.05) is 43.3 Å². The third-order valence-corrected chi connectivity index (χ3v) is 3.62. The van der Waals surface area contributed by atoms with E-state index in [4.69, 9.17) is 4.74 Å². The number of hydrogen-bond acceptors (Lipinski definition) is 3. The Morgan fingerprint density at radius 1 is 1.23 bits per heavy atom. The fourth-order valence-electron chi connectivity index (χ4n) is 2.31. The molecule has 0 spiro atoms. The van der Waals surface area contributed by atoms with Crippen LogP contribution in [0.1, 0.15) is 21.6 Å². The van der Waals surface area contributed by atoms with Gasteiger partial charge in [0, 0.05) is 23.2 Å². The van der Waals surface area contributed by atoms with Crippen LogP contribution in [0.25, 0.3) is 10.9 Å². The molecule has 0 aliphatic carbocycles. The number of H-pyrrole nitrogens is 1. The largest absolute Gasteiger partial charge is 0.497 e. The summed E-state index contributed by atoms with van der Waals surface area (Å²) in [6.07, 6.45) is 0. The molecule has 1 amide bonds. The van der Waals surface area contributed by atoms with Gasteiger partial charge in [-0.05, 0) is 42.8 Å². The van der Waals surface area contributed by atoms with Crippen molar-refractivity contribution in [2.75, 3.05) is 7.11 Å². The summed E-state index contributed by atoms with van der Waals surface area (Å²) in [5.74, 6) is 0.703. The van der Waals surface area contributed by atoms with E-state index in [1.54, 1.807) is 13.2 Å². The van der Waals surface area contributed by atoms with Crippen molar-refractivity contribution in [2.24, 2.45) is 0 Å². The van der Waals surface area contributed by atoms with Crippen LogP contribution in [-0.2, 0) is 6.54 Å². The number of rotatable bonds is 4. The standard InChI is InChI=1S/C17H17N3O2/c1-11-15-9-13(5-8-16(15)20-19-11)17(21)18-10-12-3-6-14(22-2)7-4-12/h3-9H,10H2,1-2H3,(H,18,21)(H,19,20). The van der Waals surface area contributed by atoms with Gasteiger partial charge in [0.15, 0.2) is 0 Å². The molecular formula is C17H17N3O2. The second-order valence-electron chi connectivity index (χ2n) is 5.11. The van der Waals surface area contributed by atoms with Crippen molar-refractivity contribution in [2.45, 2.75) is 13.5 Å². The van der Waals surface area contributed by atoms with Crippen LogP contribution in [0, 0.1) is 6.92 Å². The molecule has 3 aromatic rings. The number of benzene rings is 2. The molecule has 2 N–H and O–H groups in total. The van der Waals surface area contributed by atoms with Gasteiger partial charge in [-0.25, -0.2) is 0 Å². The number of ether oxygens (including phenoxy) is 1. The van der Waals surface area contributed by atoms with E-state index in [9.17, 15) is 4.79 Å². The number of aryl methyl sites for hydroxylation is 1. The minimum atomic E-state index is -0.0988. The predicted molar refractivity (Wildman–Crippen MR) is 85.0 cm³/mol. The summed E-state index contributed by atoms with van der Waals surface area (Å²) >= 11 is 0. The number of carbonyl (C=O) groups excluding carboxylic acids is 1. The van der Waals surface area contributed by atoms with Crippen molar-refractivity contribution < 1.29 is 9.53 Å². The number of amides is 1. The Kier molecular flexibility index (Phi) is 3.78. The Hall–Kier alpha value is -2.82. The number of carbonyl (C=O) groups is 1. The summed E-state index contributed by atoms with van der Waals surface area (Å²) < 4.78 is 5.11. The van der Waals surface area contributed by atoms with Crippen molar-refractivity contribution in [3.8, 4) is 5.75 Å². The van der Waals surface area contributed by atoms with Crippen LogP contribution in [0.4, 0.5) is 0 Å². The lowest BCUT2D eigenvalue weighted by Crippen LogP contribution is -2.22. The van der Waals surface area contributed by atoms with Crippen LogP contribution < -0.4 is 10.1 Å². The first-order chi connectivity index (χ1) is 10.7. The molecule has 5 nitrogen and oxygen atoms in total. The van der Waals surface area contributed by atoms with Crippen molar-refractivity contribution in [1.29, 1.82) is 0 Å². The van der Waals surface area contributed by atoms with E-state index < -0.39 is 0 Å². The monoisotopic (exact) mass is 295 g/mol. The zero-order valence-corrected chi connectivity index (χ0v) is 12.5. The number of aromatic nitrogens is 2. The Bertz CT molecular complexity index is 806. The molecular weight excluding hydrogens is 278 g/mol. The van der Waals surface area contributed by atoms with Gasteiger partial charge in [0.25, 0.3) is 5.91 Å². The first-order valence-corrected chi connectivity index (χ1v) is 7.03. The summed E-state index contributed by atoms with van der Waals surface area (Å²) in [7, 11) is 1.63. The zero-order chi connectivity index (χ0) is 15.5. The topological polar surface area (TPSA) is 67.0 Å². The molecule has 0 atom stereocenters. The van der Waals surface area contributed by atoms with Crippen LogP contribution in [0.15, 0.2) is 42.5 Å². The number of methoxy groups -OCH3 is 1. The molecule has 0 bridgehead atoms. The van der Waals surface area contributed by atoms with Gasteiger partial charge >= 0.3 is 0 Å². The molecule has 1 heterocycles. The fraction of sp³-hybridized carbons (Fsp3) is 0.176. The van der Waals surface area contributed by atoms with Crippen molar-refractivity contribution >= 4 is 16.8 Å². The SMILES string of the molecule is COc1ccc(CNC(=O)c2ccc3n[nH]c(C)c3c2)cc1. The second-order valence-corrected chi connectivity index (χ2v) is 5.11. The van der Waals surface area contributed by atoms with Crippen LogP contribution in [0.5, 0.6) is 5.75 Å². The minimum absolute atomic E-state index is 0.0988. The van der Waals surface area contributed by atoms with Crippen LogP contribution >= 0.6 is 0 Å². The highest BCUT2D eigenvalue weighted by atomic mass is 16.5. The number of hydrogen-bond donors (Lipinski definition) is 2. The first-order valence-electron chi connectivity index (χ1n) is 7.03. The molecule has 5 heteroatoms. The Morgan fingerprint density at radius 3 is 2.73 bits per heavy atom. The van der Waals surface area contributed by atoms with Crippen molar-refractivity contribution in [3.63, 3.8) is 0 Å². The van der Waals surface area contributed by atoms with E-state index in [1.165, 1.54) is 0 Å². The maximum Gasteiger partial charge on any atom is 0.251 e. The molecule has 0 saturated heterocycles. The summed E-state index contributed by atoms with van der Waals surface area (Å²) in [5, 5.41) is 11.0. The van der Waals surface area contributed by atoms with Gasteiger partial charge in [0.05, 0.1) is 12.6 Å². The highest BCUT2D eigenvalue weighted by molar-refractivity contribution is 5.98. The molecule has 22 heavy (non-hydrogen) atoms. The molecule has 0 unspecified atom stereocenters. The van der Waals surface area contributed by atoms with Crippen LogP contribution in [0.3, 0.4) is 0 Å². The lowest BCUT2D eigenvalue weighted by molar-refractivity contribution is 0.0951. The molecule has 0 fully saturated rings. The van der Waals surface area contributed by atoms with Gasteiger partial charge in [-0.15, -0.1) is 0 Å². The van der Waals surface area contributed by atoms with Gasteiger partial charge in [-0.3, -0.25) is 9.89 Å². The highest BCUT2D eigenvalue weighted by Gasteiger charge is 2.08. The number of nitrogens with zero attached hydrogens (tertiary/aromatic N) is 1. The van der Waals surface area contributed by atoms with Crippen LogP contribution in [0.2, 0.25) is 0 Å². The summed E-state index contributed by atoms with van der Waals surface area (Å²) in [6.45, 7) is 2.42. The highest BCUT2D eigenvalue weighted by Crippen LogP contribution is 2.17. The molecule has 0 aliphatic heterocycles. The summed E-state index contributed by atoms with van der Waals surface area (Å²) in [4.78, 5) is 12.3. The number of aromatic amines is 1. The number of nitrogens with one attached hydrogen (secondary N) is 2. The summed E-state index contributed by atoms with van der Waals surface area (Å²) in [6, 6.07) is 13.1. The van der Waals surface area contributed by atoms with E-state index in [2.05, 4.69) is 15.5 Å². The Morgan fingerprint density at radius 2 is 2.00 bits per heavy atom. The maximum absolute atomic E-state index is 12.3. The molecule has 112 valence electrons. The lowest BCUT2D eigenvalue weighted by atomic mass is 10.1. The third kappa shape index (κ3) is 2.79. The maximum atomic E-state index is 12.3. The minimum Gasteiger partial charge on any atom is -0.497 e. The second kappa shape index (κ2) is 5.89. The van der Waals surface area contributed by atoms with E-state index in [0.29, 0.717) is 12.1 Å². The predicted octanol–water partition coefficient (Wildman–Crippen LogP) is 2.81. The van der Waals surface area contributed by atoms with E-state index in [-0.39, 0.29) is 5.91 Å². The third-order valence-electron chi connectivity index (χ3n) is 3.62. The fourth-order valence-corrected chi connectivity index (χ4v) is 2.31. The van der Waals surface area contributed by atoms with Gasteiger partial charge in [-0.2, -0.15) is 5.10 Å². The molecule has 0 saturated carbocycles. The van der Waals surface area contributed by atoms with E-state index in [0.717, 1.165) is 27.9 Å². The van der Waals surface area contributed by atoms with Gasteiger partial charge in [0.1, 0.15) is 5.75 Å². The zero-order valence-electron chi connectivity index (χ0n) is 12.5. The molecule has 0 radical (unpaired) electrons. The van der Waals surface area contributed by atoms with Crippen molar-refractivity contribution in [1.82, 2.24) is 15.5 Å². The molecule has 1 aromatic heterocycles. The Labute approximate surface area is 128 Å². The smallest absolute Gasteiger partial charge is 0.251 e. The summed E-state index contributed by atoms with van der Waals surface area (Å²) in [5.41, 5.74) is 3.48. The van der Waals surface area contributed by atoms with Crippen LogP contribution in [-0.4, -0.2) is 23.2 Å². The average molecular weight is 295 g/mol. The Balaban J connectivity index is 1.70. The first kappa shape index (κ1) is 14.1. The quantitative estimate of drug-likeness (QED) is 0.777. The van der Waals surface area contributed by atoms with E-state index >= 15 is 0 Å². The molecule has 0 aliphatic rings. The van der Waals surface area contributed by atoms with Gasteiger partial charge < -0.3 is 10.1 Å².